The molecule has 2 aromatic rings. The van der Waals surface area contributed by atoms with Gasteiger partial charge >= 0.3 is 0 Å². The molecule has 4 N–H and O–H groups in total. The molecule has 3 atom stereocenters. The van der Waals surface area contributed by atoms with E-state index in [2.05, 4.69) is 16.3 Å². The topological polar surface area (TPSA) is 96.3 Å². The second kappa shape index (κ2) is 10.5. The van der Waals surface area contributed by atoms with Crippen molar-refractivity contribution in [2.45, 2.75) is 42.5 Å². The van der Waals surface area contributed by atoms with Gasteiger partial charge in [-0.1, -0.05) is 17.7 Å². The highest BCUT2D eigenvalue weighted by Gasteiger charge is 2.48. The van der Waals surface area contributed by atoms with Crippen molar-refractivity contribution in [3.63, 3.8) is 0 Å². The maximum Gasteiger partial charge on any atom is 0.246 e. The molecule has 2 aromatic carbocycles. The minimum Gasteiger partial charge on any atom is -0.389 e. The van der Waals surface area contributed by atoms with E-state index >= 15 is 0 Å². The molecule has 3 heterocycles. The number of β-amino-alcohol motifs (C(OH)–C–C–N with tert-alkyl or cyclic N) is 2. The van der Waals surface area contributed by atoms with Crippen LogP contribution < -0.4 is 5.32 Å². The molecule has 0 unspecified atom stereocenters. The molecule has 5 rings (SSSR count). The lowest BCUT2D eigenvalue weighted by molar-refractivity contribution is -0.183. The van der Waals surface area contributed by atoms with Gasteiger partial charge in [0.2, 0.25) is 5.91 Å². The first-order chi connectivity index (χ1) is 18.1. The van der Waals surface area contributed by atoms with Crippen LogP contribution in [0.3, 0.4) is 0 Å². The van der Waals surface area contributed by atoms with Crippen molar-refractivity contribution in [1.29, 1.82) is 0 Å². The molecular formula is C28H32ClF2N3O4. The first kappa shape index (κ1) is 27.0. The predicted molar refractivity (Wildman–Crippen MR) is 141 cm³/mol. The molecule has 10 heteroatoms. The van der Waals surface area contributed by atoms with Gasteiger partial charge in [-0.3, -0.25) is 4.79 Å². The number of rotatable bonds is 5. The summed E-state index contributed by atoms with van der Waals surface area (Å²) in [7, 11) is 0. The molecular weight excluding hydrogens is 516 g/mol. The number of fused-ring (bicyclic) bond motifs is 2. The second-order valence-electron chi connectivity index (χ2n) is 10.7. The Balaban J connectivity index is 1.15. The Hall–Kier alpha value is -2.56. The van der Waals surface area contributed by atoms with E-state index in [4.69, 9.17) is 11.6 Å². The zero-order valence-electron chi connectivity index (χ0n) is 20.9. The SMILES string of the molecule is O=C(/C=C/c1cc(F)cc(F)c1)N1CC[C@](O)([C@@H](O)CN2CCC3(CC2)CNc2cc(Cl)ccc23)[C@@H](O)C1. The molecule has 2 saturated heterocycles. The van der Waals surface area contributed by atoms with Crippen molar-refractivity contribution in [3.8, 4) is 0 Å². The van der Waals surface area contributed by atoms with E-state index in [0.717, 1.165) is 56.4 Å². The Morgan fingerprint density at radius 1 is 1.13 bits per heavy atom. The summed E-state index contributed by atoms with van der Waals surface area (Å²) in [5.41, 5.74) is 0.810. The number of amides is 1. The Kier molecular flexibility index (Phi) is 7.50. The van der Waals surface area contributed by atoms with Gasteiger partial charge in [0.05, 0.1) is 6.10 Å². The van der Waals surface area contributed by atoms with Gasteiger partial charge in [0.1, 0.15) is 23.3 Å². The standard InChI is InChI=1S/C28H32ClF2N3O4/c29-19-2-3-22-23(13-19)32-17-27(22)5-8-33(9-6-27)15-24(35)28(38)7-10-34(16-25(28)36)26(37)4-1-18-11-20(30)14-21(31)12-18/h1-4,11-14,24-25,32,35-36,38H,5-10,15-17H2/b4-1+/t24-,25-,28-/m0/s1. The fraction of sp³-hybridized carbons (Fsp3) is 0.464. The summed E-state index contributed by atoms with van der Waals surface area (Å²) in [4.78, 5) is 16.0. The maximum atomic E-state index is 13.4. The molecule has 0 aromatic heterocycles. The molecule has 38 heavy (non-hydrogen) atoms. The molecule has 1 spiro atoms. The molecule has 0 saturated carbocycles. The lowest BCUT2D eigenvalue weighted by Gasteiger charge is -2.46. The van der Waals surface area contributed by atoms with Crippen LogP contribution in [0.2, 0.25) is 5.02 Å². The van der Waals surface area contributed by atoms with Gasteiger partial charge in [0.15, 0.2) is 0 Å². The van der Waals surface area contributed by atoms with Crippen LogP contribution in [0.5, 0.6) is 0 Å². The molecule has 3 aliphatic heterocycles. The molecule has 7 nitrogen and oxygen atoms in total. The summed E-state index contributed by atoms with van der Waals surface area (Å²) in [6.45, 7) is 2.49. The highest BCUT2D eigenvalue weighted by molar-refractivity contribution is 6.30. The molecule has 0 aliphatic carbocycles. The summed E-state index contributed by atoms with van der Waals surface area (Å²) in [6.07, 6.45) is 1.73. The van der Waals surface area contributed by atoms with E-state index in [-0.39, 0.29) is 37.0 Å². The van der Waals surface area contributed by atoms with Crippen molar-refractivity contribution >= 4 is 29.3 Å². The lowest BCUT2D eigenvalue weighted by Crippen LogP contribution is -2.64. The van der Waals surface area contributed by atoms with Crippen molar-refractivity contribution in [2.75, 3.05) is 44.6 Å². The number of likely N-dealkylation sites (tertiary alicyclic amines) is 2. The number of nitrogens with one attached hydrogen (secondary N) is 1. The van der Waals surface area contributed by atoms with Gasteiger partial charge < -0.3 is 30.4 Å². The number of hydrogen-bond donors (Lipinski definition) is 4. The minimum atomic E-state index is -1.75. The monoisotopic (exact) mass is 547 g/mol. The number of halogens is 3. The van der Waals surface area contributed by atoms with Crippen LogP contribution in [0, 0.1) is 11.6 Å². The summed E-state index contributed by atoms with van der Waals surface area (Å²) in [5.74, 6) is -1.95. The van der Waals surface area contributed by atoms with Crippen LogP contribution in [0.15, 0.2) is 42.5 Å². The lowest BCUT2D eigenvalue weighted by atomic mass is 9.74. The number of benzene rings is 2. The minimum absolute atomic E-state index is 0.000656. The number of anilines is 1. The Morgan fingerprint density at radius 3 is 2.53 bits per heavy atom. The normalized spacial score (nSPS) is 25.9. The number of aliphatic hydroxyl groups is 3. The van der Waals surface area contributed by atoms with E-state index in [9.17, 15) is 28.9 Å². The van der Waals surface area contributed by atoms with E-state index in [0.29, 0.717) is 5.02 Å². The van der Waals surface area contributed by atoms with E-state index < -0.39 is 35.4 Å². The maximum absolute atomic E-state index is 13.4. The van der Waals surface area contributed by atoms with Crippen molar-refractivity contribution in [2.24, 2.45) is 0 Å². The third kappa shape index (κ3) is 5.31. The van der Waals surface area contributed by atoms with E-state index in [1.165, 1.54) is 22.6 Å². The van der Waals surface area contributed by atoms with E-state index in [1.807, 2.05) is 12.1 Å². The van der Waals surface area contributed by atoms with Crippen molar-refractivity contribution in [3.05, 3.63) is 70.3 Å². The van der Waals surface area contributed by atoms with Crippen molar-refractivity contribution < 1.29 is 28.9 Å². The van der Waals surface area contributed by atoms with Gasteiger partial charge in [-0.05, 0) is 73.8 Å². The fourth-order valence-corrected chi connectivity index (χ4v) is 6.14. The Bertz CT molecular complexity index is 1220. The largest absolute Gasteiger partial charge is 0.389 e. The average molecular weight is 548 g/mol. The predicted octanol–water partition coefficient (Wildman–Crippen LogP) is 2.78. The van der Waals surface area contributed by atoms with Crippen LogP contribution in [-0.2, 0) is 10.2 Å². The smallest absolute Gasteiger partial charge is 0.246 e. The Morgan fingerprint density at radius 2 is 1.84 bits per heavy atom. The molecule has 204 valence electrons. The summed E-state index contributed by atoms with van der Waals surface area (Å²) in [6, 6.07) is 8.90. The van der Waals surface area contributed by atoms with Crippen LogP contribution in [-0.4, -0.2) is 88.1 Å². The van der Waals surface area contributed by atoms with Crippen LogP contribution >= 0.6 is 11.6 Å². The summed E-state index contributed by atoms with van der Waals surface area (Å²) < 4.78 is 26.7. The first-order valence-corrected chi connectivity index (χ1v) is 13.2. The van der Waals surface area contributed by atoms with Crippen LogP contribution in [0.25, 0.3) is 6.08 Å². The average Bonchev–Trinajstić information content (AvgIpc) is 3.22. The molecule has 0 bridgehead atoms. The zero-order chi connectivity index (χ0) is 27.1. The Labute approximate surface area is 225 Å². The number of hydrogen-bond acceptors (Lipinski definition) is 6. The number of carbonyl (C=O) groups excluding carboxylic acids is 1. The highest BCUT2D eigenvalue weighted by Crippen LogP contribution is 2.45. The highest BCUT2D eigenvalue weighted by atomic mass is 35.5. The van der Waals surface area contributed by atoms with Crippen LogP contribution in [0.4, 0.5) is 14.5 Å². The molecule has 2 fully saturated rings. The van der Waals surface area contributed by atoms with Gasteiger partial charge in [0.25, 0.3) is 0 Å². The quantitative estimate of drug-likeness (QED) is 0.430. The fourth-order valence-electron chi connectivity index (χ4n) is 5.97. The van der Waals surface area contributed by atoms with Crippen molar-refractivity contribution in [1.82, 2.24) is 9.80 Å². The van der Waals surface area contributed by atoms with Gasteiger partial charge in [0, 0.05) is 54.4 Å². The van der Waals surface area contributed by atoms with Gasteiger partial charge in [-0.15, -0.1) is 0 Å². The number of aliphatic hydroxyl groups excluding tert-OH is 2. The second-order valence-corrected chi connectivity index (χ2v) is 11.2. The van der Waals surface area contributed by atoms with E-state index in [1.54, 1.807) is 0 Å². The summed E-state index contributed by atoms with van der Waals surface area (Å²) in [5, 5.41) is 37.0. The number of piperidine rings is 2. The molecule has 0 radical (unpaired) electrons. The zero-order valence-corrected chi connectivity index (χ0v) is 21.7. The number of nitrogens with zero attached hydrogens (tertiary/aromatic N) is 2. The number of carbonyl (C=O) groups is 1. The summed E-state index contributed by atoms with van der Waals surface area (Å²) >= 11 is 6.14. The van der Waals surface area contributed by atoms with Crippen LogP contribution in [0.1, 0.15) is 30.4 Å². The third-order valence-corrected chi connectivity index (χ3v) is 8.59. The van der Waals surface area contributed by atoms with Gasteiger partial charge in [-0.2, -0.15) is 0 Å². The molecule has 1 amide bonds. The third-order valence-electron chi connectivity index (χ3n) is 8.36. The molecule has 3 aliphatic rings. The van der Waals surface area contributed by atoms with Gasteiger partial charge in [-0.25, -0.2) is 8.78 Å². The first-order valence-electron chi connectivity index (χ1n) is 12.9.